The van der Waals surface area contributed by atoms with Crippen LogP contribution < -0.4 is 10.6 Å². The van der Waals surface area contributed by atoms with Crippen LogP contribution in [0.4, 0.5) is 18.9 Å². The van der Waals surface area contributed by atoms with Gasteiger partial charge >= 0.3 is 6.18 Å². The first-order valence-electron chi connectivity index (χ1n) is 9.03. The van der Waals surface area contributed by atoms with E-state index in [9.17, 15) is 22.8 Å². The third-order valence-electron chi connectivity index (χ3n) is 4.27. The molecule has 2 amide bonds. The molecule has 0 aliphatic rings. The number of nitrogens with zero attached hydrogens (tertiary/aromatic N) is 1. The lowest BCUT2D eigenvalue weighted by Crippen LogP contribution is -2.34. The summed E-state index contributed by atoms with van der Waals surface area (Å²) in [6.07, 6.45) is -4.53. The van der Waals surface area contributed by atoms with Crippen molar-refractivity contribution in [2.24, 2.45) is 0 Å². The first-order valence-corrected chi connectivity index (χ1v) is 9.03. The van der Waals surface area contributed by atoms with E-state index in [1.807, 2.05) is 30.3 Å². The van der Waals surface area contributed by atoms with Gasteiger partial charge in [0.1, 0.15) is 6.54 Å². The summed E-state index contributed by atoms with van der Waals surface area (Å²) in [6, 6.07) is 18.6. The molecule has 0 atom stereocenters. The van der Waals surface area contributed by atoms with E-state index in [0.717, 1.165) is 5.56 Å². The van der Waals surface area contributed by atoms with Crippen molar-refractivity contribution in [2.75, 3.05) is 11.9 Å². The molecule has 2 aromatic carbocycles. The molecular weight excluding hydrogens is 395 g/mol. The number of anilines is 1. The Labute approximate surface area is 171 Å². The minimum atomic E-state index is -4.53. The smallest absolute Gasteiger partial charge is 0.343 e. The second-order valence-corrected chi connectivity index (χ2v) is 6.49. The number of hydrogen-bond acceptors (Lipinski definition) is 3. The summed E-state index contributed by atoms with van der Waals surface area (Å²) in [7, 11) is 0. The molecule has 30 heavy (non-hydrogen) atoms. The lowest BCUT2D eigenvalue weighted by Gasteiger charge is -2.13. The van der Waals surface area contributed by atoms with Crippen molar-refractivity contribution in [1.29, 1.82) is 0 Å². The number of hydrogen-bond donors (Lipinski definition) is 2. The molecule has 0 fully saturated rings. The predicted molar refractivity (Wildman–Crippen MR) is 107 cm³/mol. The van der Waals surface area contributed by atoms with E-state index in [4.69, 9.17) is 0 Å². The highest BCUT2D eigenvalue weighted by Crippen LogP contribution is 2.21. The van der Waals surface area contributed by atoms with E-state index >= 15 is 0 Å². The van der Waals surface area contributed by atoms with Gasteiger partial charge in [-0.2, -0.15) is 13.2 Å². The van der Waals surface area contributed by atoms with Crippen LogP contribution in [-0.4, -0.2) is 29.5 Å². The molecule has 5 nitrogen and oxygen atoms in total. The molecule has 1 aromatic heterocycles. The van der Waals surface area contributed by atoms with Gasteiger partial charge in [0.05, 0.1) is 28.2 Å². The van der Waals surface area contributed by atoms with Crippen molar-refractivity contribution >= 4 is 17.5 Å². The molecule has 0 radical (unpaired) electrons. The summed E-state index contributed by atoms with van der Waals surface area (Å²) < 4.78 is 37.1. The van der Waals surface area contributed by atoms with Crippen LogP contribution in [0.1, 0.15) is 26.4 Å². The Balaban J connectivity index is 1.79. The zero-order chi connectivity index (χ0) is 21.7. The number of pyridine rings is 1. The first-order chi connectivity index (χ1) is 14.2. The van der Waals surface area contributed by atoms with E-state index < -0.39 is 24.5 Å². The molecule has 0 unspecified atom stereocenters. The van der Waals surface area contributed by atoms with Crippen LogP contribution in [0.3, 0.4) is 0 Å². The van der Waals surface area contributed by atoms with Crippen molar-refractivity contribution in [3.63, 3.8) is 0 Å². The molecule has 154 valence electrons. The van der Waals surface area contributed by atoms with Gasteiger partial charge in [-0.25, -0.2) is 0 Å². The van der Waals surface area contributed by atoms with Crippen LogP contribution in [0, 0.1) is 6.92 Å². The normalized spacial score (nSPS) is 11.1. The summed E-state index contributed by atoms with van der Waals surface area (Å²) in [4.78, 5) is 29.3. The topological polar surface area (TPSA) is 71.1 Å². The highest BCUT2D eigenvalue weighted by molar-refractivity contribution is 6.09. The average Bonchev–Trinajstić information content (AvgIpc) is 2.72. The zero-order valence-corrected chi connectivity index (χ0v) is 16.0. The van der Waals surface area contributed by atoms with Gasteiger partial charge in [-0.1, -0.05) is 42.5 Å². The van der Waals surface area contributed by atoms with Crippen molar-refractivity contribution < 1.29 is 22.8 Å². The van der Waals surface area contributed by atoms with Crippen LogP contribution in [-0.2, 0) is 0 Å². The summed E-state index contributed by atoms with van der Waals surface area (Å²) in [5, 5.41) is 4.39. The van der Waals surface area contributed by atoms with Gasteiger partial charge in [0.15, 0.2) is 0 Å². The van der Waals surface area contributed by atoms with Crippen molar-refractivity contribution in [2.45, 2.75) is 13.1 Å². The molecule has 0 bridgehead atoms. The molecule has 1 heterocycles. The molecule has 0 saturated heterocycles. The largest absolute Gasteiger partial charge is 0.405 e. The van der Waals surface area contributed by atoms with Crippen LogP contribution in [0.5, 0.6) is 0 Å². The highest BCUT2D eigenvalue weighted by Gasteiger charge is 2.28. The molecule has 0 aliphatic heterocycles. The van der Waals surface area contributed by atoms with E-state index in [1.54, 1.807) is 30.4 Å². The number of alkyl halides is 3. The van der Waals surface area contributed by atoms with Gasteiger partial charge in [-0.05, 0) is 31.2 Å². The van der Waals surface area contributed by atoms with Gasteiger partial charge in [-0.15, -0.1) is 0 Å². The maximum absolute atomic E-state index is 12.7. The Bertz CT molecular complexity index is 1070. The van der Waals surface area contributed by atoms with Crippen molar-refractivity contribution in [3.05, 3.63) is 83.6 Å². The Morgan fingerprint density at radius 2 is 1.53 bits per heavy atom. The lowest BCUT2D eigenvalue weighted by molar-refractivity contribution is -0.123. The number of benzene rings is 2. The van der Waals surface area contributed by atoms with E-state index in [1.165, 1.54) is 18.2 Å². The molecule has 0 saturated carbocycles. The lowest BCUT2D eigenvalue weighted by atomic mass is 10.1. The summed E-state index contributed by atoms with van der Waals surface area (Å²) in [5.41, 5.74) is 2.42. The molecule has 3 rings (SSSR count). The third-order valence-corrected chi connectivity index (χ3v) is 4.27. The molecular formula is C22H18F3N3O2. The van der Waals surface area contributed by atoms with Gasteiger partial charge in [0, 0.05) is 5.56 Å². The number of amides is 2. The fraction of sp³-hybridized carbons (Fsp3) is 0.136. The van der Waals surface area contributed by atoms with Crippen LogP contribution >= 0.6 is 0 Å². The zero-order valence-electron chi connectivity index (χ0n) is 16.0. The Morgan fingerprint density at radius 1 is 0.867 bits per heavy atom. The predicted octanol–water partition coefficient (Wildman–Crippen LogP) is 4.60. The van der Waals surface area contributed by atoms with Gasteiger partial charge < -0.3 is 10.6 Å². The Kier molecular flexibility index (Phi) is 6.15. The molecule has 3 aromatic rings. The monoisotopic (exact) mass is 413 g/mol. The third kappa shape index (κ3) is 5.22. The average molecular weight is 413 g/mol. The van der Waals surface area contributed by atoms with Crippen molar-refractivity contribution in [1.82, 2.24) is 10.3 Å². The van der Waals surface area contributed by atoms with Crippen LogP contribution in [0.15, 0.2) is 66.7 Å². The minimum absolute atomic E-state index is 0.0679. The second kappa shape index (κ2) is 8.77. The van der Waals surface area contributed by atoms with Crippen molar-refractivity contribution in [3.8, 4) is 11.3 Å². The Hall–Kier alpha value is -3.68. The summed E-state index contributed by atoms with van der Waals surface area (Å²) in [5.74, 6) is -1.45. The standard InChI is InChI=1S/C22H18F3N3O2/c1-14-16(11-12-18(27-14)15-7-3-2-4-8-15)21(30)28-19-10-6-5-9-17(19)20(29)26-13-22(23,24)25/h2-12H,13H2,1H3,(H,26,29)(H,28,30). The van der Waals surface area contributed by atoms with Gasteiger partial charge in [0.25, 0.3) is 11.8 Å². The minimum Gasteiger partial charge on any atom is -0.343 e. The van der Waals surface area contributed by atoms with Crippen LogP contribution in [0.2, 0.25) is 0 Å². The first kappa shape index (κ1) is 21.0. The molecule has 0 aliphatic carbocycles. The number of carbonyl (C=O) groups is 2. The summed E-state index contributed by atoms with van der Waals surface area (Å²) >= 11 is 0. The number of halogens is 3. The maximum atomic E-state index is 12.7. The van der Waals surface area contributed by atoms with E-state index in [0.29, 0.717) is 17.0 Å². The van der Waals surface area contributed by atoms with Gasteiger partial charge in [-0.3, -0.25) is 14.6 Å². The molecule has 8 heteroatoms. The number of carbonyl (C=O) groups excluding carboxylic acids is 2. The van der Waals surface area contributed by atoms with Gasteiger partial charge in [0.2, 0.25) is 0 Å². The quantitative estimate of drug-likeness (QED) is 0.642. The summed E-state index contributed by atoms with van der Waals surface area (Å²) in [6.45, 7) is 0.224. The number of aromatic nitrogens is 1. The maximum Gasteiger partial charge on any atom is 0.405 e. The SMILES string of the molecule is Cc1nc(-c2ccccc2)ccc1C(=O)Nc1ccccc1C(=O)NCC(F)(F)F. The number of aryl methyl sites for hydroxylation is 1. The molecule has 0 spiro atoms. The fourth-order valence-electron chi connectivity index (χ4n) is 2.83. The molecule has 2 N–H and O–H groups in total. The van der Waals surface area contributed by atoms with E-state index in [2.05, 4.69) is 10.3 Å². The number of rotatable bonds is 5. The number of para-hydroxylation sites is 1. The van der Waals surface area contributed by atoms with E-state index in [-0.39, 0.29) is 11.3 Å². The number of nitrogens with one attached hydrogen (secondary N) is 2. The Morgan fingerprint density at radius 3 is 2.20 bits per heavy atom. The van der Waals surface area contributed by atoms with Crippen LogP contribution in [0.25, 0.3) is 11.3 Å². The fourth-order valence-corrected chi connectivity index (χ4v) is 2.83. The second-order valence-electron chi connectivity index (χ2n) is 6.49. The highest BCUT2D eigenvalue weighted by atomic mass is 19.4.